The molecule has 0 radical (unpaired) electrons. The highest BCUT2D eigenvalue weighted by Gasteiger charge is 2.19. The Hall–Kier alpha value is -1.28. The van der Waals surface area contributed by atoms with Gasteiger partial charge in [0, 0.05) is 11.9 Å². The van der Waals surface area contributed by atoms with E-state index in [0.717, 1.165) is 0 Å². The largest absolute Gasteiger partial charge is 0.497 e. The van der Waals surface area contributed by atoms with E-state index in [2.05, 4.69) is 9.46 Å². The van der Waals surface area contributed by atoms with Gasteiger partial charge in [0.15, 0.2) is 0 Å². The van der Waals surface area contributed by atoms with Crippen LogP contribution in [0.5, 0.6) is 11.5 Å². The lowest BCUT2D eigenvalue weighted by atomic mass is 10.3. The Bertz CT molecular complexity index is 568. The molecule has 0 fully saturated rings. The highest BCUT2D eigenvalue weighted by atomic mass is 35.5. The van der Waals surface area contributed by atoms with Gasteiger partial charge in [-0.25, -0.2) is 8.42 Å². The van der Waals surface area contributed by atoms with Crippen LogP contribution in [-0.2, 0) is 10.0 Å². The number of alkyl halides is 3. The lowest BCUT2D eigenvalue weighted by Crippen LogP contribution is -2.22. The van der Waals surface area contributed by atoms with E-state index in [0.29, 0.717) is 5.75 Å². The van der Waals surface area contributed by atoms with Crippen molar-refractivity contribution in [3.05, 3.63) is 18.2 Å². The molecule has 0 heterocycles. The van der Waals surface area contributed by atoms with Gasteiger partial charge in [0.1, 0.15) is 11.5 Å². The van der Waals surface area contributed by atoms with Crippen molar-refractivity contribution in [3.63, 3.8) is 0 Å². The number of halogens is 3. The molecule has 21 heavy (non-hydrogen) atoms. The van der Waals surface area contributed by atoms with Crippen LogP contribution in [0.3, 0.4) is 0 Å². The number of benzene rings is 1. The standard InChI is InChI=1S/C12H16ClF2NO4S/c1-8(6-13)7-21(17,18)16-10-5-9(19-2)3-4-11(10)20-12(14)15/h3-5,8,12,16H,6-7H2,1-2H3. The molecule has 0 aliphatic heterocycles. The molecule has 0 aromatic heterocycles. The molecule has 1 atom stereocenters. The number of hydrogen-bond acceptors (Lipinski definition) is 4. The maximum absolute atomic E-state index is 12.3. The first-order chi connectivity index (χ1) is 9.77. The Morgan fingerprint density at radius 2 is 2.05 bits per heavy atom. The highest BCUT2D eigenvalue weighted by Crippen LogP contribution is 2.31. The Labute approximate surface area is 127 Å². The quantitative estimate of drug-likeness (QED) is 0.737. The molecule has 0 amide bonds. The topological polar surface area (TPSA) is 64.6 Å². The van der Waals surface area contributed by atoms with Gasteiger partial charge >= 0.3 is 6.61 Å². The van der Waals surface area contributed by atoms with Crippen LogP contribution >= 0.6 is 11.6 Å². The van der Waals surface area contributed by atoms with Crippen molar-refractivity contribution in [2.75, 3.05) is 23.5 Å². The van der Waals surface area contributed by atoms with Crippen molar-refractivity contribution in [1.82, 2.24) is 0 Å². The predicted octanol–water partition coefficient (Wildman–Crippen LogP) is 2.91. The normalized spacial score (nSPS) is 13.0. The van der Waals surface area contributed by atoms with Gasteiger partial charge in [0.25, 0.3) is 0 Å². The van der Waals surface area contributed by atoms with Crippen molar-refractivity contribution in [2.24, 2.45) is 5.92 Å². The van der Waals surface area contributed by atoms with Crippen LogP contribution in [0.1, 0.15) is 6.92 Å². The third kappa shape index (κ3) is 5.92. The average molecular weight is 344 g/mol. The van der Waals surface area contributed by atoms with Gasteiger partial charge in [-0.15, -0.1) is 11.6 Å². The zero-order chi connectivity index (χ0) is 16.0. The molecule has 1 rings (SSSR count). The van der Waals surface area contributed by atoms with Crippen molar-refractivity contribution in [1.29, 1.82) is 0 Å². The van der Waals surface area contributed by atoms with Crippen LogP contribution in [-0.4, -0.2) is 33.8 Å². The number of ether oxygens (including phenoxy) is 2. The first kappa shape index (κ1) is 17.8. The first-order valence-corrected chi connectivity index (χ1v) is 8.15. The average Bonchev–Trinajstić information content (AvgIpc) is 2.39. The SMILES string of the molecule is COc1ccc(OC(F)F)c(NS(=O)(=O)CC(C)CCl)c1. The summed E-state index contributed by atoms with van der Waals surface area (Å²) in [4.78, 5) is 0. The van der Waals surface area contributed by atoms with Gasteiger partial charge in [-0.05, 0) is 18.1 Å². The second-order valence-electron chi connectivity index (χ2n) is 4.38. The fourth-order valence-electron chi connectivity index (χ4n) is 1.54. The number of rotatable bonds is 8. The molecule has 9 heteroatoms. The maximum Gasteiger partial charge on any atom is 0.387 e. The van der Waals surface area contributed by atoms with Crippen molar-refractivity contribution in [2.45, 2.75) is 13.5 Å². The third-order valence-electron chi connectivity index (χ3n) is 2.44. The minimum atomic E-state index is -3.74. The fourth-order valence-corrected chi connectivity index (χ4v) is 3.23. The van der Waals surface area contributed by atoms with Crippen LogP contribution in [0.2, 0.25) is 0 Å². The summed E-state index contributed by atoms with van der Waals surface area (Å²) in [5.41, 5.74) is -0.114. The lowest BCUT2D eigenvalue weighted by molar-refractivity contribution is -0.0493. The third-order valence-corrected chi connectivity index (χ3v) is 4.50. The second-order valence-corrected chi connectivity index (χ2v) is 6.46. The molecule has 0 saturated carbocycles. The molecule has 0 spiro atoms. The molecule has 0 saturated heterocycles. The van der Waals surface area contributed by atoms with E-state index in [1.165, 1.54) is 25.3 Å². The molecule has 1 N–H and O–H groups in total. The second kappa shape index (κ2) is 7.65. The minimum Gasteiger partial charge on any atom is -0.497 e. The van der Waals surface area contributed by atoms with Gasteiger partial charge in [0.05, 0.1) is 18.6 Å². The number of sulfonamides is 1. The van der Waals surface area contributed by atoms with Crippen LogP contribution in [0, 0.1) is 5.92 Å². The summed E-state index contributed by atoms with van der Waals surface area (Å²) in [6.45, 7) is -1.41. The summed E-state index contributed by atoms with van der Waals surface area (Å²) in [5.74, 6) is -0.330. The molecule has 5 nitrogen and oxygen atoms in total. The molecular weight excluding hydrogens is 328 g/mol. The van der Waals surface area contributed by atoms with Gasteiger partial charge in [-0.1, -0.05) is 6.92 Å². The zero-order valence-corrected chi connectivity index (χ0v) is 13.0. The monoisotopic (exact) mass is 343 g/mol. The highest BCUT2D eigenvalue weighted by molar-refractivity contribution is 7.92. The van der Waals surface area contributed by atoms with Crippen molar-refractivity contribution >= 4 is 27.3 Å². The Balaban J connectivity index is 3.03. The Morgan fingerprint density at radius 1 is 1.38 bits per heavy atom. The van der Waals surface area contributed by atoms with Crippen molar-refractivity contribution < 1.29 is 26.7 Å². The smallest absolute Gasteiger partial charge is 0.387 e. The first-order valence-electron chi connectivity index (χ1n) is 5.96. The zero-order valence-electron chi connectivity index (χ0n) is 11.5. The van der Waals surface area contributed by atoms with E-state index in [9.17, 15) is 17.2 Å². The molecule has 1 aromatic carbocycles. The molecule has 1 unspecified atom stereocenters. The summed E-state index contributed by atoms with van der Waals surface area (Å²) in [6.07, 6.45) is 0. The minimum absolute atomic E-state index is 0.114. The van der Waals surface area contributed by atoms with E-state index in [1.807, 2.05) is 0 Å². The number of nitrogens with one attached hydrogen (secondary N) is 1. The van der Waals surface area contributed by atoms with E-state index >= 15 is 0 Å². The van der Waals surface area contributed by atoms with E-state index < -0.39 is 16.6 Å². The molecule has 0 aliphatic carbocycles. The van der Waals surface area contributed by atoms with Crippen molar-refractivity contribution in [3.8, 4) is 11.5 Å². The summed E-state index contributed by atoms with van der Waals surface area (Å²) in [5, 5.41) is 0. The van der Waals surface area contributed by atoms with Crippen LogP contribution in [0.25, 0.3) is 0 Å². The van der Waals surface area contributed by atoms with Gasteiger partial charge in [0.2, 0.25) is 10.0 Å². The number of hydrogen-bond donors (Lipinski definition) is 1. The van der Waals surface area contributed by atoms with Gasteiger partial charge in [-0.2, -0.15) is 8.78 Å². The summed E-state index contributed by atoms with van der Waals surface area (Å²) in [6, 6.07) is 3.85. The number of methoxy groups -OCH3 is 1. The maximum atomic E-state index is 12.3. The molecule has 0 bridgehead atoms. The molecular formula is C12H16ClF2NO4S. The Morgan fingerprint density at radius 3 is 2.57 bits per heavy atom. The van der Waals surface area contributed by atoms with E-state index in [1.54, 1.807) is 6.92 Å². The molecule has 0 aliphatic rings. The molecule has 120 valence electrons. The van der Waals surface area contributed by atoms with Crippen LogP contribution in [0.4, 0.5) is 14.5 Å². The van der Waals surface area contributed by atoms with Gasteiger partial charge in [-0.3, -0.25) is 4.72 Å². The van der Waals surface area contributed by atoms with Gasteiger partial charge < -0.3 is 9.47 Å². The summed E-state index contributed by atoms with van der Waals surface area (Å²) in [7, 11) is -2.37. The summed E-state index contributed by atoms with van der Waals surface area (Å²) < 4.78 is 60.0. The summed E-state index contributed by atoms with van der Waals surface area (Å²) >= 11 is 5.57. The lowest BCUT2D eigenvalue weighted by Gasteiger charge is -2.15. The van der Waals surface area contributed by atoms with Crippen LogP contribution < -0.4 is 14.2 Å². The Kier molecular flexibility index (Phi) is 6.47. The van der Waals surface area contributed by atoms with E-state index in [-0.39, 0.29) is 29.0 Å². The molecule has 1 aromatic rings. The van der Waals surface area contributed by atoms with E-state index in [4.69, 9.17) is 16.3 Å². The number of anilines is 1. The fraction of sp³-hybridized carbons (Fsp3) is 0.500. The predicted molar refractivity (Wildman–Crippen MR) is 76.9 cm³/mol. The van der Waals surface area contributed by atoms with Crippen LogP contribution in [0.15, 0.2) is 18.2 Å².